The van der Waals surface area contributed by atoms with Crippen LogP contribution in [0.25, 0.3) is 0 Å². The third kappa shape index (κ3) is 4.65. The van der Waals surface area contributed by atoms with E-state index in [0.29, 0.717) is 5.92 Å². The zero-order chi connectivity index (χ0) is 16.2. The van der Waals surface area contributed by atoms with Crippen LogP contribution < -0.4 is 10.6 Å². The molecule has 1 aromatic heterocycles. The number of rotatable bonds is 5. The second-order valence-corrected chi connectivity index (χ2v) is 7.42. The molecule has 0 aromatic carbocycles. The van der Waals surface area contributed by atoms with Gasteiger partial charge in [-0.25, -0.2) is 9.97 Å². The molecule has 0 spiro atoms. The van der Waals surface area contributed by atoms with E-state index in [2.05, 4.69) is 55.1 Å². The number of aromatic nitrogens is 2. The van der Waals surface area contributed by atoms with Gasteiger partial charge in [-0.2, -0.15) is 0 Å². The Morgan fingerprint density at radius 1 is 1.27 bits per heavy atom. The van der Waals surface area contributed by atoms with Crippen molar-refractivity contribution in [3.8, 4) is 0 Å². The first-order valence-electron chi connectivity index (χ1n) is 8.42. The monoisotopic (exact) mass is 305 g/mol. The van der Waals surface area contributed by atoms with E-state index < -0.39 is 0 Å². The van der Waals surface area contributed by atoms with E-state index in [9.17, 15) is 0 Å². The van der Waals surface area contributed by atoms with Gasteiger partial charge in [0.25, 0.3) is 0 Å². The van der Waals surface area contributed by atoms with Crippen molar-refractivity contribution in [3.05, 3.63) is 17.5 Å². The van der Waals surface area contributed by atoms with E-state index in [4.69, 9.17) is 4.98 Å². The van der Waals surface area contributed by atoms with Gasteiger partial charge in [0, 0.05) is 45.5 Å². The Bertz CT molecular complexity index is 472. The fraction of sp³-hybridized carbons (Fsp3) is 0.765. The minimum atomic E-state index is 0.0823. The summed E-state index contributed by atoms with van der Waals surface area (Å²) in [5, 5.41) is 6.76. The van der Waals surface area contributed by atoms with Crippen molar-refractivity contribution in [2.24, 2.45) is 0 Å². The van der Waals surface area contributed by atoms with Gasteiger partial charge in [-0.05, 0) is 16.9 Å². The zero-order valence-electron chi connectivity index (χ0n) is 14.7. The molecule has 0 unspecified atom stereocenters. The Hall–Kier alpha value is -1.20. The molecule has 5 heteroatoms. The molecule has 1 fully saturated rings. The summed E-state index contributed by atoms with van der Waals surface area (Å²) in [6.07, 6.45) is 2.00. The van der Waals surface area contributed by atoms with Crippen LogP contribution in [0.2, 0.25) is 0 Å². The molecular weight excluding hydrogens is 274 g/mol. The molecule has 124 valence electrons. The molecule has 0 radical (unpaired) electrons. The fourth-order valence-corrected chi connectivity index (χ4v) is 2.76. The molecule has 2 heterocycles. The summed E-state index contributed by atoms with van der Waals surface area (Å²) in [4.78, 5) is 11.8. The highest BCUT2D eigenvalue weighted by Gasteiger charge is 2.21. The maximum Gasteiger partial charge on any atom is 0.222 e. The standard InChI is InChI=1S/C17H31N5/c1-13(2)15-14(17(3,4)5)12-20-16(21-15)19-8-11-22-9-6-18-7-10-22/h12-13,18H,6-11H2,1-5H3,(H,19,20,21). The van der Waals surface area contributed by atoms with E-state index in [1.807, 2.05) is 6.20 Å². The topological polar surface area (TPSA) is 53.1 Å². The molecule has 0 amide bonds. The summed E-state index contributed by atoms with van der Waals surface area (Å²) < 4.78 is 0. The smallest absolute Gasteiger partial charge is 0.222 e. The first-order valence-corrected chi connectivity index (χ1v) is 8.42. The predicted molar refractivity (Wildman–Crippen MR) is 92.6 cm³/mol. The van der Waals surface area contributed by atoms with Gasteiger partial charge in [-0.15, -0.1) is 0 Å². The number of anilines is 1. The van der Waals surface area contributed by atoms with Crippen molar-refractivity contribution in [1.82, 2.24) is 20.2 Å². The van der Waals surface area contributed by atoms with Crippen LogP contribution in [0.15, 0.2) is 6.20 Å². The van der Waals surface area contributed by atoms with Gasteiger partial charge < -0.3 is 10.6 Å². The van der Waals surface area contributed by atoms with Crippen LogP contribution >= 0.6 is 0 Å². The molecule has 1 aliphatic heterocycles. The van der Waals surface area contributed by atoms with Crippen molar-refractivity contribution < 1.29 is 0 Å². The highest BCUT2D eigenvalue weighted by molar-refractivity contribution is 5.34. The first-order chi connectivity index (χ1) is 10.4. The summed E-state index contributed by atoms with van der Waals surface area (Å²) in [5.41, 5.74) is 2.49. The van der Waals surface area contributed by atoms with Crippen LogP contribution in [0.4, 0.5) is 5.95 Å². The summed E-state index contributed by atoms with van der Waals surface area (Å²) in [5.74, 6) is 1.16. The van der Waals surface area contributed by atoms with Crippen molar-refractivity contribution >= 4 is 5.95 Å². The second kappa shape index (κ2) is 7.38. The fourth-order valence-electron chi connectivity index (χ4n) is 2.76. The number of hydrogen-bond acceptors (Lipinski definition) is 5. The average molecular weight is 305 g/mol. The van der Waals surface area contributed by atoms with Crippen molar-refractivity contribution in [3.63, 3.8) is 0 Å². The van der Waals surface area contributed by atoms with Crippen molar-refractivity contribution in [1.29, 1.82) is 0 Å². The molecule has 22 heavy (non-hydrogen) atoms. The largest absolute Gasteiger partial charge is 0.353 e. The number of hydrogen-bond donors (Lipinski definition) is 2. The number of piperazine rings is 1. The van der Waals surface area contributed by atoms with E-state index in [0.717, 1.165) is 50.9 Å². The van der Waals surface area contributed by atoms with Crippen molar-refractivity contribution in [2.45, 2.75) is 46.0 Å². The Labute approximate surface area is 134 Å². The van der Waals surface area contributed by atoms with Gasteiger partial charge in [0.2, 0.25) is 5.95 Å². The zero-order valence-corrected chi connectivity index (χ0v) is 14.7. The van der Waals surface area contributed by atoms with Crippen LogP contribution in [0.5, 0.6) is 0 Å². The maximum absolute atomic E-state index is 4.77. The molecule has 0 atom stereocenters. The Morgan fingerprint density at radius 3 is 2.55 bits per heavy atom. The lowest BCUT2D eigenvalue weighted by molar-refractivity contribution is 0.249. The molecule has 0 aliphatic carbocycles. The molecule has 0 saturated carbocycles. The maximum atomic E-state index is 4.77. The molecule has 2 N–H and O–H groups in total. The Morgan fingerprint density at radius 2 is 1.95 bits per heavy atom. The van der Waals surface area contributed by atoms with E-state index in [-0.39, 0.29) is 5.41 Å². The van der Waals surface area contributed by atoms with Crippen LogP contribution in [0.1, 0.15) is 51.8 Å². The lowest BCUT2D eigenvalue weighted by Gasteiger charge is -2.27. The van der Waals surface area contributed by atoms with Gasteiger partial charge in [0.15, 0.2) is 0 Å². The molecule has 1 aromatic rings. The Kier molecular flexibility index (Phi) is 5.75. The minimum Gasteiger partial charge on any atom is -0.353 e. The SMILES string of the molecule is CC(C)c1nc(NCCN2CCNCC2)ncc1C(C)(C)C. The summed E-state index contributed by atoms with van der Waals surface area (Å²) in [6, 6.07) is 0. The lowest BCUT2D eigenvalue weighted by Crippen LogP contribution is -2.45. The molecule has 2 rings (SSSR count). The number of nitrogens with zero attached hydrogens (tertiary/aromatic N) is 3. The molecule has 5 nitrogen and oxygen atoms in total. The lowest BCUT2D eigenvalue weighted by atomic mass is 9.84. The second-order valence-electron chi connectivity index (χ2n) is 7.42. The van der Waals surface area contributed by atoms with Crippen molar-refractivity contribution in [2.75, 3.05) is 44.6 Å². The first kappa shape index (κ1) is 17.2. The van der Waals surface area contributed by atoms with Gasteiger partial charge in [-0.1, -0.05) is 34.6 Å². The van der Waals surface area contributed by atoms with Crippen LogP contribution in [0, 0.1) is 0 Å². The Balaban J connectivity index is 1.98. The molecule has 1 saturated heterocycles. The highest BCUT2D eigenvalue weighted by atomic mass is 15.2. The van der Waals surface area contributed by atoms with Crippen LogP contribution in [-0.2, 0) is 5.41 Å². The quantitative estimate of drug-likeness (QED) is 0.873. The summed E-state index contributed by atoms with van der Waals surface area (Å²) in [6.45, 7) is 17.4. The van der Waals surface area contributed by atoms with Gasteiger partial charge in [0.05, 0.1) is 5.69 Å². The summed E-state index contributed by atoms with van der Waals surface area (Å²) in [7, 11) is 0. The molecule has 1 aliphatic rings. The van der Waals surface area contributed by atoms with Gasteiger partial charge >= 0.3 is 0 Å². The van der Waals surface area contributed by atoms with Gasteiger partial charge in [-0.3, -0.25) is 4.90 Å². The highest BCUT2D eigenvalue weighted by Crippen LogP contribution is 2.29. The van der Waals surface area contributed by atoms with Crippen LogP contribution in [0.3, 0.4) is 0 Å². The van der Waals surface area contributed by atoms with E-state index >= 15 is 0 Å². The normalized spacial score (nSPS) is 17.0. The third-order valence-corrected chi connectivity index (χ3v) is 4.09. The van der Waals surface area contributed by atoms with E-state index in [1.165, 1.54) is 5.56 Å². The average Bonchev–Trinajstić information content (AvgIpc) is 2.47. The van der Waals surface area contributed by atoms with Crippen LogP contribution in [-0.4, -0.2) is 54.1 Å². The predicted octanol–water partition coefficient (Wildman–Crippen LogP) is 2.21. The summed E-state index contributed by atoms with van der Waals surface area (Å²) >= 11 is 0. The van der Waals surface area contributed by atoms with Gasteiger partial charge in [0.1, 0.15) is 0 Å². The van der Waals surface area contributed by atoms with E-state index in [1.54, 1.807) is 0 Å². The minimum absolute atomic E-state index is 0.0823. The number of nitrogens with one attached hydrogen (secondary N) is 2. The third-order valence-electron chi connectivity index (χ3n) is 4.09. The molecular formula is C17H31N5. The molecule has 0 bridgehead atoms.